The van der Waals surface area contributed by atoms with E-state index in [0.29, 0.717) is 19.0 Å². The van der Waals surface area contributed by atoms with Crippen molar-refractivity contribution in [2.75, 3.05) is 6.54 Å². The summed E-state index contributed by atoms with van der Waals surface area (Å²) in [6.45, 7) is 3.53. The summed E-state index contributed by atoms with van der Waals surface area (Å²) in [5, 5.41) is 13.7. The average molecular weight is 302 g/mol. The topological polar surface area (TPSA) is 45.4 Å². The van der Waals surface area contributed by atoms with Gasteiger partial charge >= 0.3 is 0 Å². The SMILES string of the molecule is CC1CCCC(O)(CNCc2ccc(Br)o2)C1. The van der Waals surface area contributed by atoms with Gasteiger partial charge in [-0.1, -0.05) is 19.8 Å². The van der Waals surface area contributed by atoms with E-state index in [4.69, 9.17) is 4.42 Å². The minimum atomic E-state index is -0.526. The Balaban J connectivity index is 1.77. The van der Waals surface area contributed by atoms with Gasteiger partial charge < -0.3 is 14.8 Å². The third kappa shape index (κ3) is 3.83. The second-order valence-corrected chi connectivity index (χ2v) is 6.02. The number of aliphatic hydroxyl groups is 1. The van der Waals surface area contributed by atoms with Gasteiger partial charge in [0.25, 0.3) is 0 Å². The van der Waals surface area contributed by atoms with Crippen LogP contribution in [0.25, 0.3) is 0 Å². The van der Waals surface area contributed by atoms with E-state index in [0.717, 1.165) is 29.7 Å². The van der Waals surface area contributed by atoms with Crippen molar-refractivity contribution in [3.05, 3.63) is 22.6 Å². The molecule has 3 nitrogen and oxygen atoms in total. The fraction of sp³-hybridized carbons (Fsp3) is 0.692. The summed E-state index contributed by atoms with van der Waals surface area (Å²) < 4.78 is 6.15. The molecule has 1 aromatic rings. The van der Waals surface area contributed by atoms with Crippen LogP contribution in [0.5, 0.6) is 0 Å². The van der Waals surface area contributed by atoms with Gasteiger partial charge in [0, 0.05) is 6.54 Å². The second-order valence-electron chi connectivity index (χ2n) is 5.24. The van der Waals surface area contributed by atoms with Crippen LogP contribution in [0.15, 0.2) is 21.2 Å². The van der Waals surface area contributed by atoms with E-state index in [1.807, 2.05) is 12.1 Å². The Morgan fingerprint density at radius 3 is 3.06 bits per heavy atom. The van der Waals surface area contributed by atoms with E-state index < -0.39 is 5.60 Å². The smallest absolute Gasteiger partial charge is 0.169 e. The number of hydrogen-bond acceptors (Lipinski definition) is 3. The fourth-order valence-corrected chi connectivity index (χ4v) is 3.00. The largest absolute Gasteiger partial charge is 0.453 e. The van der Waals surface area contributed by atoms with Crippen molar-refractivity contribution < 1.29 is 9.52 Å². The monoisotopic (exact) mass is 301 g/mol. The van der Waals surface area contributed by atoms with Crippen molar-refractivity contribution in [2.24, 2.45) is 5.92 Å². The maximum absolute atomic E-state index is 10.4. The molecule has 0 radical (unpaired) electrons. The van der Waals surface area contributed by atoms with Gasteiger partial charge in [0.2, 0.25) is 0 Å². The molecule has 4 heteroatoms. The summed E-state index contributed by atoms with van der Waals surface area (Å²) in [7, 11) is 0. The van der Waals surface area contributed by atoms with Gasteiger partial charge in [0.05, 0.1) is 12.1 Å². The molecular formula is C13H20BrNO2. The van der Waals surface area contributed by atoms with Crippen LogP contribution in [0.2, 0.25) is 0 Å². The lowest BCUT2D eigenvalue weighted by atomic mass is 9.79. The molecule has 2 unspecified atom stereocenters. The van der Waals surface area contributed by atoms with E-state index in [9.17, 15) is 5.11 Å². The second kappa shape index (κ2) is 5.55. The highest BCUT2D eigenvalue weighted by atomic mass is 79.9. The first-order chi connectivity index (χ1) is 8.07. The molecule has 0 aliphatic heterocycles. The predicted octanol–water partition coefficient (Wildman–Crippen LogP) is 3.07. The van der Waals surface area contributed by atoms with Crippen molar-refractivity contribution in [3.63, 3.8) is 0 Å². The fourth-order valence-electron chi connectivity index (χ4n) is 2.66. The first-order valence-corrected chi connectivity index (χ1v) is 7.04. The summed E-state index contributed by atoms with van der Waals surface area (Å²) in [5.74, 6) is 1.53. The van der Waals surface area contributed by atoms with Crippen molar-refractivity contribution in [1.82, 2.24) is 5.32 Å². The summed E-state index contributed by atoms with van der Waals surface area (Å²) >= 11 is 3.28. The molecule has 0 saturated heterocycles. The van der Waals surface area contributed by atoms with Crippen molar-refractivity contribution in [1.29, 1.82) is 0 Å². The maximum Gasteiger partial charge on any atom is 0.169 e. The highest BCUT2D eigenvalue weighted by molar-refractivity contribution is 9.10. The van der Waals surface area contributed by atoms with Crippen LogP contribution in [-0.4, -0.2) is 17.3 Å². The molecule has 2 atom stereocenters. The lowest BCUT2D eigenvalue weighted by molar-refractivity contribution is -0.0121. The third-order valence-electron chi connectivity index (χ3n) is 3.45. The van der Waals surface area contributed by atoms with Crippen LogP contribution in [0, 0.1) is 5.92 Å². The van der Waals surface area contributed by atoms with Gasteiger partial charge in [0.15, 0.2) is 4.67 Å². The Hall–Kier alpha value is -0.320. The molecule has 0 aromatic carbocycles. The van der Waals surface area contributed by atoms with Gasteiger partial charge in [-0.05, 0) is 46.8 Å². The van der Waals surface area contributed by atoms with E-state index in [1.165, 1.54) is 6.42 Å². The standard InChI is InChI=1S/C13H20BrNO2/c1-10-3-2-6-13(16,7-10)9-15-8-11-4-5-12(14)17-11/h4-5,10,15-16H,2-3,6-9H2,1H3. The van der Waals surface area contributed by atoms with Gasteiger partial charge in [-0.3, -0.25) is 0 Å². The van der Waals surface area contributed by atoms with Crippen molar-refractivity contribution in [2.45, 2.75) is 44.8 Å². The molecule has 1 aromatic heterocycles. The first-order valence-electron chi connectivity index (χ1n) is 6.25. The highest BCUT2D eigenvalue weighted by Crippen LogP contribution is 2.31. The van der Waals surface area contributed by atoms with Crippen LogP contribution in [-0.2, 0) is 6.54 Å². The number of rotatable bonds is 4. The number of furan rings is 1. The Labute approximate surface area is 111 Å². The zero-order valence-corrected chi connectivity index (χ0v) is 11.8. The highest BCUT2D eigenvalue weighted by Gasteiger charge is 2.31. The average Bonchev–Trinajstić information content (AvgIpc) is 2.63. The van der Waals surface area contributed by atoms with Gasteiger partial charge in [0.1, 0.15) is 5.76 Å². The lowest BCUT2D eigenvalue weighted by Crippen LogP contribution is -2.43. The molecule has 1 aliphatic carbocycles. The molecule has 96 valence electrons. The third-order valence-corrected chi connectivity index (χ3v) is 3.88. The van der Waals surface area contributed by atoms with Crippen LogP contribution >= 0.6 is 15.9 Å². The Kier molecular flexibility index (Phi) is 4.28. The normalized spacial score (nSPS) is 29.5. The molecule has 2 N–H and O–H groups in total. The van der Waals surface area contributed by atoms with Gasteiger partial charge in [-0.25, -0.2) is 0 Å². The molecule has 17 heavy (non-hydrogen) atoms. The number of hydrogen-bond donors (Lipinski definition) is 2. The Morgan fingerprint density at radius 2 is 2.41 bits per heavy atom. The zero-order chi connectivity index (χ0) is 12.3. The molecule has 1 saturated carbocycles. The summed E-state index contributed by atoms with van der Waals surface area (Å²) in [5.41, 5.74) is -0.526. The molecule has 0 bridgehead atoms. The quantitative estimate of drug-likeness (QED) is 0.898. The maximum atomic E-state index is 10.4. The van der Waals surface area contributed by atoms with Crippen LogP contribution in [0.4, 0.5) is 0 Å². The van der Waals surface area contributed by atoms with E-state index in [1.54, 1.807) is 0 Å². The molecule has 1 heterocycles. The Bertz CT molecular complexity index is 366. The Morgan fingerprint density at radius 1 is 1.59 bits per heavy atom. The molecule has 1 fully saturated rings. The molecule has 1 aliphatic rings. The van der Waals surface area contributed by atoms with Gasteiger partial charge in [-0.15, -0.1) is 0 Å². The predicted molar refractivity (Wildman–Crippen MR) is 70.7 cm³/mol. The molecule has 0 spiro atoms. The molecule has 2 rings (SSSR count). The molecule has 0 amide bonds. The summed E-state index contributed by atoms with van der Waals surface area (Å²) in [6, 6.07) is 3.82. The first kappa shape index (κ1) is 13.1. The lowest BCUT2D eigenvalue weighted by Gasteiger charge is -2.35. The van der Waals surface area contributed by atoms with E-state index >= 15 is 0 Å². The minimum absolute atomic E-state index is 0.526. The van der Waals surface area contributed by atoms with Crippen LogP contribution in [0.3, 0.4) is 0 Å². The van der Waals surface area contributed by atoms with Crippen molar-refractivity contribution >= 4 is 15.9 Å². The molecular weight excluding hydrogens is 282 g/mol. The number of nitrogens with one attached hydrogen (secondary N) is 1. The zero-order valence-electron chi connectivity index (χ0n) is 10.2. The minimum Gasteiger partial charge on any atom is -0.453 e. The summed E-state index contributed by atoms with van der Waals surface area (Å²) in [6.07, 6.45) is 4.19. The van der Waals surface area contributed by atoms with E-state index in [-0.39, 0.29) is 0 Å². The number of halogens is 1. The van der Waals surface area contributed by atoms with Gasteiger partial charge in [-0.2, -0.15) is 0 Å². The van der Waals surface area contributed by atoms with Crippen molar-refractivity contribution in [3.8, 4) is 0 Å². The van der Waals surface area contributed by atoms with Crippen LogP contribution < -0.4 is 5.32 Å². The van der Waals surface area contributed by atoms with E-state index in [2.05, 4.69) is 28.2 Å². The van der Waals surface area contributed by atoms with Crippen LogP contribution in [0.1, 0.15) is 38.4 Å². The summed E-state index contributed by atoms with van der Waals surface area (Å²) in [4.78, 5) is 0.